The maximum absolute atomic E-state index is 11.2. The SMILES string of the molecule is CCS(=O)(=O)OC1C=CN(S(C)(=O)=O)CC1. The number of sulfonamides is 1. The molecule has 94 valence electrons. The maximum atomic E-state index is 11.2. The van der Waals surface area contributed by atoms with Gasteiger partial charge in [0, 0.05) is 12.7 Å². The van der Waals surface area contributed by atoms with Gasteiger partial charge in [-0.3, -0.25) is 8.49 Å². The van der Waals surface area contributed by atoms with Gasteiger partial charge < -0.3 is 0 Å². The van der Waals surface area contributed by atoms with Gasteiger partial charge in [0.15, 0.2) is 0 Å². The minimum atomic E-state index is -3.49. The van der Waals surface area contributed by atoms with Gasteiger partial charge in [0.05, 0.1) is 18.1 Å². The Labute approximate surface area is 96.1 Å². The highest BCUT2D eigenvalue weighted by atomic mass is 32.2. The van der Waals surface area contributed by atoms with Gasteiger partial charge in [-0.05, 0) is 19.4 Å². The Hall–Kier alpha value is -0.600. The zero-order valence-corrected chi connectivity index (χ0v) is 10.8. The third-order valence-electron chi connectivity index (χ3n) is 2.15. The Balaban J connectivity index is 2.67. The van der Waals surface area contributed by atoms with Crippen molar-refractivity contribution >= 4 is 20.1 Å². The van der Waals surface area contributed by atoms with Crippen molar-refractivity contribution in [1.82, 2.24) is 4.31 Å². The molecule has 1 heterocycles. The molecule has 0 fully saturated rings. The fraction of sp³-hybridized carbons (Fsp3) is 0.750. The van der Waals surface area contributed by atoms with Gasteiger partial charge >= 0.3 is 0 Å². The first-order valence-electron chi connectivity index (χ1n) is 4.80. The summed E-state index contributed by atoms with van der Waals surface area (Å²) in [5.41, 5.74) is 0. The van der Waals surface area contributed by atoms with E-state index in [0.29, 0.717) is 6.42 Å². The molecule has 0 aliphatic carbocycles. The van der Waals surface area contributed by atoms with E-state index in [9.17, 15) is 16.8 Å². The molecule has 0 aromatic heterocycles. The third kappa shape index (κ3) is 3.76. The molecule has 0 amide bonds. The number of hydrogen-bond donors (Lipinski definition) is 0. The molecule has 0 aromatic carbocycles. The second kappa shape index (κ2) is 4.72. The van der Waals surface area contributed by atoms with Crippen molar-refractivity contribution in [3.05, 3.63) is 12.3 Å². The Morgan fingerprint density at radius 2 is 2.00 bits per heavy atom. The average molecular weight is 269 g/mol. The fourth-order valence-corrected chi connectivity index (χ4v) is 2.63. The van der Waals surface area contributed by atoms with Crippen LogP contribution in [0, 0.1) is 0 Å². The molecule has 1 aliphatic rings. The van der Waals surface area contributed by atoms with Crippen molar-refractivity contribution in [2.75, 3.05) is 18.6 Å². The molecule has 1 rings (SSSR count). The summed E-state index contributed by atoms with van der Waals surface area (Å²) in [5, 5.41) is 0. The van der Waals surface area contributed by atoms with Crippen LogP contribution in [0.4, 0.5) is 0 Å². The lowest BCUT2D eigenvalue weighted by molar-refractivity contribution is 0.227. The summed E-state index contributed by atoms with van der Waals surface area (Å²) in [6.07, 6.45) is 3.65. The number of hydrogen-bond acceptors (Lipinski definition) is 5. The van der Waals surface area contributed by atoms with E-state index in [4.69, 9.17) is 4.18 Å². The molecular formula is C8H15NO5S2. The van der Waals surface area contributed by atoms with Crippen molar-refractivity contribution in [2.45, 2.75) is 19.4 Å². The Kier molecular flexibility index (Phi) is 3.97. The molecule has 0 aromatic rings. The average Bonchev–Trinajstić information content (AvgIpc) is 2.16. The Morgan fingerprint density at radius 3 is 2.38 bits per heavy atom. The first-order valence-corrected chi connectivity index (χ1v) is 8.23. The van der Waals surface area contributed by atoms with E-state index in [2.05, 4.69) is 0 Å². The largest absolute Gasteiger partial charge is 0.278 e. The lowest BCUT2D eigenvalue weighted by Gasteiger charge is -2.25. The van der Waals surface area contributed by atoms with Gasteiger partial charge in [-0.25, -0.2) is 8.42 Å². The van der Waals surface area contributed by atoms with E-state index in [1.54, 1.807) is 0 Å². The molecule has 0 saturated carbocycles. The molecular weight excluding hydrogens is 254 g/mol. The van der Waals surface area contributed by atoms with Gasteiger partial charge in [-0.15, -0.1) is 0 Å². The molecule has 16 heavy (non-hydrogen) atoms. The zero-order valence-electron chi connectivity index (χ0n) is 9.16. The quantitative estimate of drug-likeness (QED) is 0.666. The van der Waals surface area contributed by atoms with Crippen LogP contribution in [0.3, 0.4) is 0 Å². The molecule has 0 saturated heterocycles. The van der Waals surface area contributed by atoms with Gasteiger partial charge in [0.25, 0.3) is 10.1 Å². The topological polar surface area (TPSA) is 80.8 Å². The van der Waals surface area contributed by atoms with Crippen LogP contribution < -0.4 is 0 Å². The van der Waals surface area contributed by atoms with E-state index >= 15 is 0 Å². The molecule has 8 heteroatoms. The number of nitrogens with zero attached hydrogens (tertiary/aromatic N) is 1. The van der Waals surface area contributed by atoms with E-state index in [-0.39, 0.29) is 12.3 Å². The van der Waals surface area contributed by atoms with Gasteiger partial charge in [-0.1, -0.05) is 0 Å². The van der Waals surface area contributed by atoms with Crippen LogP contribution in [0.1, 0.15) is 13.3 Å². The highest BCUT2D eigenvalue weighted by Gasteiger charge is 2.22. The van der Waals surface area contributed by atoms with Crippen LogP contribution in [0.15, 0.2) is 12.3 Å². The monoisotopic (exact) mass is 269 g/mol. The predicted octanol–water partition coefficient (Wildman–Crippen LogP) is -0.0997. The van der Waals surface area contributed by atoms with Crippen LogP contribution in [-0.4, -0.2) is 45.8 Å². The summed E-state index contributed by atoms with van der Waals surface area (Å²) in [5.74, 6) is -0.0901. The Morgan fingerprint density at radius 1 is 1.38 bits per heavy atom. The summed E-state index contributed by atoms with van der Waals surface area (Å²) in [6.45, 7) is 1.73. The molecule has 1 aliphatic heterocycles. The lowest BCUT2D eigenvalue weighted by atomic mass is 10.2. The first-order chi connectivity index (χ1) is 7.24. The van der Waals surface area contributed by atoms with Crippen LogP contribution in [-0.2, 0) is 24.3 Å². The van der Waals surface area contributed by atoms with Crippen LogP contribution in [0.2, 0.25) is 0 Å². The third-order valence-corrected chi connectivity index (χ3v) is 4.55. The van der Waals surface area contributed by atoms with E-state index < -0.39 is 26.2 Å². The second-order valence-corrected chi connectivity index (χ2v) is 7.31. The van der Waals surface area contributed by atoms with Crippen LogP contribution in [0.5, 0.6) is 0 Å². The number of rotatable bonds is 4. The molecule has 0 bridgehead atoms. The minimum Gasteiger partial charge on any atom is -0.278 e. The van der Waals surface area contributed by atoms with Gasteiger partial charge in [-0.2, -0.15) is 8.42 Å². The van der Waals surface area contributed by atoms with E-state index in [1.165, 1.54) is 19.2 Å². The van der Waals surface area contributed by atoms with Crippen molar-refractivity contribution < 1.29 is 21.0 Å². The van der Waals surface area contributed by atoms with Gasteiger partial charge in [0.1, 0.15) is 0 Å². The molecule has 0 radical (unpaired) electrons. The highest BCUT2D eigenvalue weighted by Crippen LogP contribution is 2.15. The molecule has 1 unspecified atom stereocenters. The van der Waals surface area contributed by atoms with Crippen LogP contribution >= 0.6 is 0 Å². The lowest BCUT2D eigenvalue weighted by Crippen LogP contribution is -2.33. The summed E-state index contributed by atoms with van der Waals surface area (Å²) in [6, 6.07) is 0. The summed E-state index contributed by atoms with van der Waals surface area (Å²) in [4.78, 5) is 0. The van der Waals surface area contributed by atoms with Crippen molar-refractivity contribution in [2.24, 2.45) is 0 Å². The van der Waals surface area contributed by atoms with Crippen molar-refractivity contribution in [3.63, 3.8) is 0 Å². The standard InChI is InChI=1S/C8H15NO5S2/c1-3-16(12,13)14-8-4-6-9(7-5-8)15(2,10)11/h4,6,8H,3,5,7H2,1-2H3. The van der Waals surface area contributed by atoms with Crippen molar-refractivity contribution in [3.8, 4) is 0 Å². The molecule has 0 spiro atoms. The summed E-state index contributed by atoms with van der Waals surface area (Å²) < 4.78 is 50.6. The normalized spacial score (nSPS) is 22.4. The summed E-state index contributed by atoms with van der Waals surface area (Å²) in [7, 11) is -6.75. The van der Waals surface area contributed by atoms with Gasteiger partial charge in [0.2, 0.25) is 10.0 Å². The second-order valence-electron chi connectivity index (χ2n) is 3.48. The Bertz CT molecular complexity index is 465. The fourth-order valence-electron chi connectivity index (χ4n) is 1.23. The zero-order chi connectivity index (χ0) is 12.4. The molecule has 0 N–H and O–H groups in total. The highest BCUT2D eigenvalue weighted by molar-refractivity contribution is 7.88. The van der Waals surface area contributed by atoms with E-state index in [0.717, 1.165) is 10.6 Å². The minimum absolute atomic E-state index is 0.0901. The van der Waals surface area contributed by atoms with Crippen LogP contribution in [0.25, 0.3) is 0 Å². The summed E-state index contributed by atoms with van der Waals surface area (Å²) >= 11 is 0. The predicted molar refractivity (Wildman–Crippen MR) is 59.6 cm³/mol. The maximum Gasteiger partial charge on any atom is 0.267 e. The van der Waals surface area contributed by atoms with E-state index in [1.807, 2.05) is 0 Å². The first kappa shape index (κ1) is 13.5. The smallest absolute Gasteiger partial charge is 0.267 e. The molecule has 1 atom stereocenters. The van der Waals surface area contributed by atoms with Crippen molar-refractivity contribution in [1.29, 1.82) is 0 Å². The molecule has 6 nitrogen and oxygen atoms in total.